The molecule has 0 unspecified atom stereocenters. The third-order valence-electron chi connectivity index (χ3n) is 1.85. The molecule has 0 aliphatic carbocycles. The molecular weight excluding hydrogens is 186 g/mol. The van der Waals surface area contributed by atoms with E-state index in [1.54, 1.807) is 0 Å². The fourth-order valence-electron chi connectivity index (χ4n) is 1.20. The van der Waals surface area contributed by atoms with Crippen molar-refractivity contribution in [1.29, 1.82) is 0 Å². The number of benzene rings is 1. The SMILES string of the molecule is OB(O)c1cc(F)c2nccnc2c1. The predicted molar refractivity (Wildman–Crippen MR) is 49.3 cm³/mol. The molecule has 2 aromatic rings. The Balaban J connectivity index is 2.72. The minimum absolute atomic E-state index is 0.0653. The van der Waals surface area contributed by atoms with E-state index in [-0.39, 0.29) is 11.0 Å². The van der Waals surface area contributed by atoms with Crippen molar-refractivity contribution in [3.05, 3.63) is 30.3 Å². The van der Waals surface area contributed by atoms with Crippen LogP contribution >= 0.6 is 0 Å². The molecule has 0 atom stereocenters. The van der Waals surface area contributed by atoms with Crippen LogP contribution in [0.1, 0.15) is 0 Å². The van der Waals surface area contributed by atoms with Crippen LogP contribution in [-0.4, -0.2) is 27.1 Å². The van der Waals surface area contributed by atoms with Gasteiger partial charge in [0.05, 0.1) is 5.52 Å². The molecule has 0 bridgehead atoms. The lowest BCUT2D eigenvalue weighted by Gasteiger charge is -2.02. The van der Waals surface area contributed by atoms with Gasteiger partial charge in [0.2, 0.25) is 0 Å². The highest BCUT2D eigenvalue weighted by Gasteiger charge is 2.14. The number of halogens is 1. The van der Waals surface area contributed by atoms with E-state index in [0.29, 0.717) is 5.52 Å². The fraction of sp³-hybridized carbons (Fsp3) is 0. The minimum atomic E-state index is -1.70. The van der Waals surface area contributed by atoms with Crippen LogP contribution in [0.5, 0.6) is 0 Å². The summed E-state index contributed by atoms with van der Waals surface area (Å²) in [6.45, 7) is 0. The second-order valence-electron chi connectivity index (χ2n) is 2.80. The third kappa shape index (κ3) is 1.45. The van der Waals surface area contributed by atoms with E-state index >= 15 is 0 Å². The van der Waals surface area contributed by atoms with Crippen molar-refractivity contribution in [3.63, 3.8) is 0 Å². The summed E-state index contributed by atoms with van der Waals surface area (Å²) in [6.07, 6.45) is 2.79. The largest absolute Gasteiger partial charge is 0.488 e. The van der Waals surface area contributed by atoms with Gasteiger partial charge in [0.25, 0.3) is 0 Å². The molecule has 0 amide bonds. The number of hydrogen-bond acceptors (Lipinski definition) is 4. The van der Waals surface area contributed by atoms with Gasteiger partial charge in [-0.3, -0.25) is 4.98 Å². The van der Waals surface area contributed by atoms with E-state index in [0.717, 1.165) is 6.07 Å². The molecular formula is C8H6BFN2O2. The molecule has 70 valence electrons. The summed E-state index contributed by atoms with van der Waals surface area (Å²) in [5, 5.41) is 17.7. The maximum absolute atomic E-state index is 13.3. The number of nitrogens with zero attached hydrogens (tertiary/aromatic N) is 2. The Morgan fingerprint density at radius 2 is 1.86 bits per heavy atom. The summed E-state index contributed by atoms with van der Waals surface area (Å²) in [4.78, 5) is 7.64. The molecule has 0 saturated carbocycles. The molecule has 0 spiro atoms. The maximum atomic E-state index is 13.3. The summed E-state index contributed by atoms with van der Waals surface area (Å²) >= 11 is 0. The molecule has 0 aliphatic heterocycles. The van der Waals surface area contributed by atoms with Crippen molar-refractivity contribution in [2.24, 2.45) is 0 Å². The van der Waals surface area contributed by atoms with Crippen LogP contribution in [-0.2, 0) is 0 Å². The van der Waals surface area contributed by atoms with E-state index in [1.807, 2.05) is 0 Å². The fourth-order valence-corrected chi connectivity index (χ4v) is 1.20. The Morgan fingerprint density at radius 1 is 1.14 bits per heavy atom. The Labute approximate surface area is 79.2 Å². The van der Waals surface area contributed by atoms with Crippen molar-refractivity contribution in [2.45, 2.75) is 0 Å². The second-order valence-corrected chi connectivity index (χ2v) is 2.80. The number of aromatic nitrogens is 2. The highest BCUT2D eigenvalue weighted by atomic mass is 19.1. The zero-order valence-electron chi connectivity index (χ0n) is 7.05. The lowest BCUT2D eigenvalue weighted by Crippen LogP contribution is -2.30. The zero-order chi connectivity index (χ0) is 10.1. The molecule has 0 fully saturated rings. The average molecular weight is 192 g/mol. The zero-order valence-corrected chi connectivity index (χ0v) is 7.05. The van der Waals surface area contributed by atoms with E-state index in [9.17, 15) is 4.39 Å². The molecule has 0 radical (unpaired) electrons. The predicted octanol–water partition coefficient (Wildman–Crippen LogP) is -0.551. The molecule has 1 aromatic heterocycles. The van der Waals surface area contributed by atoms with Gasteiger partial charge in [0.15, 0.2) is 5.82 Å². The standard InChI is InChI=1S/C8H6BFN2O2/c10-6-3-5(9(13)14)4-7-8(6)12-2-1-11-7/h1-4,13-14H. The highest BCUT2D eigenvalue weighted by Crippen LogP contribution is 2.10. The van der Waals surface area contributed by atoms with Crippen LogP contribution in [0.15, 0.2) is 24.5 Å². The van der Waals surface area contributed by atoms with E-state index < -0.39 is 12.9 Å². The van der Waals surface area contributed by atoms with Crippen molar-refractivity contribution in [1.82, 2.24) is 9.97 Å². The molecule has 1 heterocycles. The lowest BCUT2D eigenvalue weighted by atomic mass is 9.80. The quantitative estimate of drug-likeness (QED) is 0.594. The third-order valence-corrected chi connectivity index (χ3v) is 1.85. The van der Waals surface area contributed by atoms with Gasteiger partial charge in [0, 0.05) is 12.4 Å². The van der Waals surface area contributed by atoms with Crippen molar-refractivity contribution in [2.75, 3.05) is 0 Å². The molecule has 2 rings (SSSR count). The minimum Gasteiger partial charge on any atom is -0.423 e. The topological polar surface area (TPSA) is 66.2 Å². The lowest BCUT2D eigenvalue weighted by molar-refractivity contribution is 0.425. The number of fused-ring (bicyclic) bond motifs is 1. The first-order valence-electron chi connectivity index (χ1n) is 3.95. The van der Waals surface area contributed by atoms with Gasteiger partial charge in [-0.1, -0.05) is 0 Å². The second kappa shape index (κ2) is 3.32. The summed E-state index contributed by atoms with van der Waals surface area (Å²) in [5.41, 5.74) is 0.489. The molecule has 6 heteroatoms. The van der Waals surface area contributed by atoms with Gasteiger partial charge in [-0.25, -0.2) is 9.37 Å². The van der Waals surface area contributed by atoms with Crippen LogP contribution < -0.4 is 5.46 Å². The highest BCUT2D eigenvalue weighted by molar-refractivity contribution is 6.58. The normalized spacial score (nSPS) is 10.5. The van der Waals surface area contributed by atoms with E-state index in [4.69, 9.17) is 10.0 Å². The summed E-state index contributed by atoms with van der Waals surface area (Å²) in [6, 6.07) is 2.41. The molecule has 0 saturated heterocycles. The monoisotopic (exact) mass is 192 g/mol. The van der Waals surface area contributed by atoms with Crippen molar-refractivity contribution in [3.8, 4) is 0 Å². The summed E-state index contributed by atoms with van der Waals surface area (Å²) in [5.74, 6) is -0.612. The van der Waals surface area contributed by atoms with Crippen LogP contribution in [0, 0.1) is 5.82 Å². The van der Waals surface area contributed by atoms with Gasteiger partial charge < -0.3 is 10.0 Å². The van der Waals surface area contributed by atoms with Gasteiger partial charge in [-0.05, 0) is 17.6 Å². The van der Waals surface area contributed by atoms with Crippen LogP contribution in [0.2, 0.25) is 0 Å². The maximum Gasteiger partial charge on any atom is 0.488 e. The van der Waals surface area contributed by atoms with E-state index in [2.05, 4.69) is 9.97 Å². The van der Waals surface area contributed by atoms with Crippen LogP contribution in [0.4, 0.5) is 4.39 Å². The molecule has 4 nitrogen and oxygen atoms in total. The molecule has 2 N–H and O–H groups in total. The smallest absolute Gasteiger partial charge is 0.423 e. The van der Waals surface area contributed by atoms with Gasteiger partial charge in [-0.15, -0.1) is 0 Å². The summed E-state index contributed by atoms with van der Waals surface area (Å²) in [7, 11) is -1.70. The van der Waals surface area contributed by atoms with Gasteiger partial charge in [-0.2, -0.15) is 0 Å². The first-order chi connectivity index (χ1) is 6.68. The van der Waals surface area contributed by atoms with Gasteiger partial charge in [0.1, 0.15) is 5.52 Å². The Kier molecular flexibility index (Phi) is 2.15. The molecule has 0 aliphatic rings. The Morgan fingerprint density at radius 3 is 2.57 bits per heavy atom. The number of hydrogen-bond donors (Lipinski definition) is 2. The first-order valence-corrected chi connectivity index (χ1v) is 3.95. The molecule has 14 heavy (non-hydrogen) atoms. The Bertz CT molecular complexity index is 478. The van der Waals surface area contributed by atoms with Crippen LogP contribution in [0.3, 0.4) is 0 Å². The molecule has 1 aromatic carbocycles. The first kappa shape index (κ1) is 9.05. The van der Waals surface area contributed by atoms with E-state index in [1.165, 1.54) is 18.5 Å². The van der Waals surface area contributed by atoms with Crippen molar-refractivity contribution >= 4 is 23.6 Å². The van der Waals surface area contributed by atoms with Gasteiger partial charge >= 0.3 is 7.12 Å². The average Bonchev–Trinajstić information content (AvgIpc) is 2.17. The number of rotatable bonds is 1. The summed E-state index contributed by atoms with van der Waals surface area (Å²) < 4.78 is 13.3. The Hall–Kier alpha value is -1.53. The van der Waals surface area contributed by atoms with Crippen molar-refractivity contribution < 1.29 is 14.4 Å². The van der Waals surface area contributed by atoms with Crippen LogP contribution in [0.25, 0.3) is 11.0 Å².